The zero-order valence-electron chi connectivity index (χ0n) is 13.9. The van der Waals surface area contributed by atoms with Crippen LogP contribution in [0, 0.1) is 0 Å². The van der Waals surface area contributed by atoms with E-state index in [4.69, 9.17) is 4.74 Å². The molecule has 1 aromatic carbocycles. The Hall–Kier alpha value is -1.60. The molecule has 1 aliphatic rings. The molecule has 1 aliphatic heterocycles. The predicted molar refractivity (Wildman–Crippen MR) is 101 cm³/mol. The van der Waals surface area contributed by atoms with Crippen LogP contribution in [0.5, 0.6) is 0 Å². The topological polar surface area (TPSA) is 68.2 Å². The molecule has 25 heavy (non-hydrogen) atoms. The third kappa shape index (κ3) is 6.32. The Morgan fingerprint density at radius 2 is 2.12 bits per heavy atom. The molecule has 8 heteroatoms. The molecule has 0 bridgehead atoms. The van der Waals surface area contributed by atoms with E-state index in [1.54, 1.807) is 6.20 Å². The van der Waals surface area contributed by atoms with Crippen molar-refractivity contribution in [3.05, 3.63) is 54.1 Å². The Bertz CT molecular complexity index is 631. The average molecular weight is 387 g/mol. The van der Waals surface area contributed by atoms with E-state index in [2.05, 4.69) is 32.3 Å². The van der Waals surface area contributed by atoms with Gasteiger partial charge in [0, 0.05) is 32.0 Å². The first-order valence-corrected chi connectivity index (χ1v) is 7.97. The molecule has 1 atom stereocenters. The Labute approximate surface area is 160 Å². The van der Waals surface area contributed by atoms with Crippen LogP contribution >= 0.6 is 24.8 Å². The molecular weight excluding hydrogens is 363 g/mol. The van der Waals surface area contributed by atoms with Gasteiger partial charge in [-0.1, -0.05) is 30.3 Å². The summed E-state index contributed by atoms with van der Waals surface area (Å²) in [6.45, 7) is 3.20. The van der Waals surface area contributed by atoms with Crippen molar-refractivity contribution in [1.82, 2.24) is 20.2 Å². The van der Waals surface area contributed by atoms with Crippen LogP contribution in [0.1, 0.15) is 11.4 Å². The molecule has 2 heterocycles. The predicted octanol–water partition coefficient (Wildman–Crippen LogP) is 1.57. The van der Waals surface area contributed by atoms with Gasteiger partial charge in [0.1, 0.15) is 11.9 Å². The van der Waals surface area contributed by atoms with Gasteiger partial charge in [-0.15, -0.1) is 24.8 Å². The van der Waals surface area contributed by atoms with Crippen molar-refractivity contribution >= 4 is 30.7 Å². The zero-order chi connectivity index (χ0) is 15.9. The molecule has 1 saturated heterocycles. The number of hydrogen-bond acceptors (Lipinski definition) is 4. The maximum absolute atomic E-state index is 12.1. The summed E-state index contributed by atoms with van der Waals surface area (Å²) in [5, 5.41) is 6.06. The summed E-state index contributed by atoms with van der Waals surface area (Å²) in [4.78, 5) is 16.4. The SMILES string of the molecule is Cl.Cl.O=C(NCc1nccn1CCc1ccccc1)C1CNCCO1. The molecule has 0 spiro atoms. The van der Waals surface area contributed by atoms with Crippen molar-refractivity contribution in [2.24, 2.45) is 0 Å². The number of imidazole rings is 1. The second kappa shape index (κ2) is 11.1. The third-order valence-corrected chi connectivity index (χ3v) is 3.93. The highest BCUT2D eigenvalue weighted by atomic mass is 35.5. The minimum absolute atomic E-state index is 0. The fourth-order valence-electron chi connectivity index (χ4n) is 2.62. The van der Waals surface area contributed by atoms with Crippen molar-refractivity contribution in [2.75, 3.05) is 19.7 Å². The van der Waals surface area contributed by atoms with Crippen LogP contribution in [-0.2, 0) is 29.0 Å². The maximum atomic E-state index is 12.1. The van der Waals surface area contributed by atoms with Crippen molar-refractivity contribution in [3.8, 4) is 0 Å². The third-order valence-electron chi connectivity index (χ3n) is 3.93. The summed E-state index contributed by atoms with van der Waals surface area (Å²) in [7, 11) is 0. The highest BCUT2D eigenvalue weighted by Gasteiger charge is 2.21. The molecule has 1 aromatic heterocycles. The van der Waals surface area contributed by atoms with Gasteiger partial charge in [0.15, 0.2) is 0 Å². The number of ether oxygens (including phenoxy) is 1. The first kappa shape index (κ1) is 21.4. The standard InChI is InChI=1S/C17H22N4O2.2ClH/c22-17(15-12-18-8-11-23-15)20-13-16-19-7-10-21(16)9-6-14-4-2-1-3-5-14;;/h1-5,7,10,15,18H,6,8-9,11-13H2,(H,20,22);2*1H. The van der Waals surface area contributed by atoms with Gasteiger partial charge in [0.05, 0.1) is 13.2 Å². The number of morpholine rings is 1. The largest absolute Gasteiger partial charge is 0.366 e. The van der Waals surface area contributed by atoms with Crippen LogP contribution in [0.3, 0.4) is 0 Å². The summed E-state index contributed by atoms with van der Waals surface area (Å²) in [6.07, 6.45) is 4.25. The lowest BCUT2D eigenvalue weighted by atomic mass is 10.1. The summed E-state index contributed by atoms with van der Waals surface area (Å²) >= 11 is 0. The van der Waals surface area contributed by atoms with Crippen molar-refractivity contribution in [3.63, 3.8) is 0 Å². The van der Waals surface area contributed by atoms with E-state index in [1.807, 2.05) is 24.4 Å². The van der Waals surface area contributed by atoms with E-state index < -0.39 is 6.10 Å². The van der Waals surface area contributed by atoms with Gasteiger partial charge in [0.2, 0.25) is 0 Å². The van der Waals surface area contributed by atoms with E-state index >= 15 is 0 Å². The molecule has 1 unspecified atom stereocenters. The van der Waals surface area contributed by atoms with Gasteiger partial charge in [-0.2, -0.15) is 0 Å². The number of nitrogens with one attached hydrogen (secondary N) is 2. The molecule has 0 radical (unpaired) electrons. The minimum Gasteiger partial charge on any atom is -0.366 e. The van der Waals surface area contributed by atoms with Crippen LogP contribution in [0.15, 0.2) is 42.7 Å². The van der Waals surface area contributed by atoms with Gasteiger partial charge >= 0.3 is 0 Å². The molecule has 6 nitrogen and oxygen atoms in total. The van der Waals surface area contributed by atoms with Crippen LogP contribution < -0.4 is 10.6 Å². The first-order chi connectivity index (χ1) is 11.3. The average Bonchev–Trinajstić information content (AvgIpc) is 3.07. The second-order valence-corrected chi connectivity index (χ2v) is 5.55. The molecule has 3 rings (SSSR count). The van der Waals surface area contributed by atoms with Crippen LogP contribution in [-0.4, -0.2) is 41.3 Å². The van der Waals surface area contributed by atoms with E-state index in [9.17, 15) is 4.79 Å². The monoisotopic (exact) mass is 386 g/mol. The number of amides is 1. The number of carbonyl (C=O) groups excluding carboxylic acids is 1. The normalized spacial score (nSPS) is 16.4. The van der Waals surface area contributed by atoms with Crippen molar-refractivity contribution in [2.45, 2.75) is 25.6 Å². The highest BCUT2D eigenvalue weighted by molar-refractivity contribution is 5.85. The lowest BCUT2D eigenvalue weighted by Gasteiger charge is -2.22. The fraction of sp³-hybridized carbons (Fsp3) is 0.412. The molecule has 1 amide bonds. The van der Waals surface area contributed by atoms with Gasteiger partial charge < -0.3 is 19.9 Å². The number of carbonyl (C=O) groups is 1. The van der Waals surface area contributed by atoms with Crippen molar-refractivity contribution < 1.29 is 9.53 Å². The van der Waals surface area contributed by atoms with Crippen molar-refractivity contribution in [1.29, 1.82) is 0 Å². The van der Waals surface area contributed by atoms with Gasteiger partial charge in [-0.25, -0.2) is 4.98 Å². The number of rotatable bonds is 6. The Balaban J connectivity index is 0.00000156. The lowest BCUT2D eigenvalue weighted by molar-refractivity contribution is -0.134. The molecule has 2 aromatic rings. The van der Waals surface area contributed by atoms with E-state index in [0.29, 0.717) is 19.7 Å². The Kier molecular flexibility index (Phi) is 9.52. The first-order valence-electron chi connectivity index (χ1n) is 7.97. The molecule has 138 valence electrons. The molecule has 0 aliphatic carbocycles. The Morgan fingerprint density at radius 3 is 2.84 bits per heavy atom. The minimum atomic E-state index is -0.406. The maximum Gasteiger partial charge on any atom is 0.250 e. The van der Waals surface area contributed by atoms with E-state index in [0.717, 1.165) is 25.3 Å². The molecule has 1 fully saturated rings. The second-order valence-electron chi connectivity index (χ2n) is 5.55. The number of nitrogens with zero attached hydrogens (tertiary/aromatic N) is 2. The van der Waals surface area contributed by atoms with Crippen LogP contribution in [0.2, 0.25) is 0 Å². The summed E-state index contributed by atoms with van der Waals surface area (Å²) in [6, 6.07) is 10.3. The van der Waals surface area contributed by atoms with Gasteiger partial charge in [-0.05, 0) is 12.0 Å². The van der Waals surface area contributed by atoms with Crippen LogP contribution in [0.4, 0.5) is 0 Å². The Morgan fingerprint density at radius 1 is 1.32 bits per heavy atom. The highest BCUT2D eigenvalue weighted by Crippen LogP contribution is 2.05. The summed E-state index contributed by atoms with van der Waals surface area (Å²) < 4.78 is 7.52. The number of halogens is 2. The zero-order valence-corrected chi connectivity index (χ0v) is 15.5. The summed E-state index contributed by atoms with van der Waals surface area (Å²) in [5.41, 5.74) is 1.29. The van der Waals surface area contributed by atoms with Gasteiger partial charge in [-0.3, -0.25) is 4.79 Å². The molecular formula is C17H24Cl2N4O2. The van der Waals surface area contributed by atoms with Crippen LogP contribution in [0.25, 0.3) is 0 Å². The smallest absolute Gasteiger partial charge is 0.250 e. The number of hydrogen-bond donors (Lipinski definition) is 2. The summed E-state index contributed by atoms with van der Waals surface area (Å²) in [5.74, 6) is 0.771. The lowest BCUT2D eigenvalue weighted by Crippen LogP contribution is -2.47. The molecule has 2 N–H and O–H groups in total. The number of aromatic nitrogens is 2. The quantitative estimate of drug-likeness (QED) is 0.790. The number of aryl methyl sites for hydroxylation is 2. The molecule has 0 saturated carbocycles. The number of benzene rings is 1. The van der Waals surface area contributed by atoms with E-state index in [-0.39, 0.29) is 30.7 Å². The van der Waals surface area contributed by atoms with Gasteiger partial charge in [0.25, 0.3) is 5.91 Å². The van der Waals surface area contributed by atoms with E-state index in [1.165, 1.54) is 5.56 Å². The fourth-order valence-corrected chi connectivity index (χ4v) is 2.62.